The third kappa shape index (κ3) is 2.71. The van der Waals surface area contributed by atoms with Gasteiger partial charge in [-0.25, -0.2) is 0 Å². The van der Waals surface area contributed by atoms with Gasteiger partial charge in [0.05, 0.1) is 31.3 Å². The van der Waals surface area contributed by atoms with Crippen LogP contribution in [0, 0.1) is 23.2 Å². The third-order valence-electron chi connectivity index (χ3n) is 8.97. The summed E-state index contributed by atoms with van der Waals surface area (Å²) in [4.78, 5) is 15.3. The number of ether oxygens (including phenoxy) is 4. The lowest BCUT2D eigenvalue weighted by atomic mass is 9.53. The maximum absolute atomic E-state index is 12.8. The molecule has 2 saturated carbocycles. The van der Waals surface area contributed by atoms with Gasteiger partial charge in [0.25, 0.3) is 0 Å². The molecule has 0 bridgehead atoms. The van der Waals surface area contributed by atoms with Gasteiger partial charge < -0.3 is 23.8 Å². The number of hydrogen-bond donors (Lipinski definition) is 0. The van der Waals surface area contributed by atoms with Crippen LogP contribution < -0.4 is 0 Å². The summed E-state index contributed by atoms with van der Waals surface area (Å²) in [6.45, 7) is 7.48. The van der Waals surface area contributed by atoms with Gasteiger partial charge >= 0.3 is 5.97 Å². The second-order valence-corrected chi connectivity index (χ2v) is 10.5. The molecule has 6 fully saturated rings. The molecule has 6 aliphatic rings. The average Bonchev–Trinajstić information content (AvgIpc) is 3.18. The van der Waals surface area contributed by atoms with Crippen molar-refractivity contribution in [3.05, 3.63) is 0 Å². The van der Waals surface area contributed by atoms with Crippen molar-refractivity contribution in [1.29, 1.82) is 0 Å². The molecule has 4 heterocycles. The van der Waals surface area contributed by atoms with Gasteiger partial charge in [0.2, 0.25) is 0 Å². The summed E-state index contributed by atoms with van der Waals surface area (Å²) in [5.41, 5.74) is 0.405. The van der Waals surface area contributed by atoms with Gasteiger partial charge in [-0.3, -0.25) is 4.79 Å². The minimum atomic E-state index is -0.348. The van der Waals surface area contributed by atoms with E-state index in [4.69, 9.17) is 18.9 Å². The molecule has 6 heteroatoms. The summed E-state index contributed by atoms with van der Waals surface area (Å²) in [6, 6.07) is 0. The molecule has 0 radical (unpaired) electrons. The second kappa shape index (κ2) is 6.16. The number of carbonyl (C=O) groups excluding carboxylic acids is 1. The molecule has 6 rings (SSSR count). The Hall–Kier alpha value is -0.690. The predicted octanol–water partition coefficient (Wildman–Crippen LogP) is 2.35. The standard InChI is InChI=1S/C22H33NO5/c1-20-3-2-4-21(14-27-21)18(20)11-15-16(19(24)28-17(15)12-20)13-23-7-5-22(6-8-23)25-9-10-26-22/h15-18H,2-14H2,1H3/t15-,16+,17-,18-,20-,21-/m1/s1. The van der Waals surface area contributed by atoms with E-state index in [2.05, 4.69) is 11.8 Å². The van der Waals surface area contributed by atoms with Crippen LogP contribution in [0.1, 0.15) is 51.9 Å². The van der Waals surface area contributed by atoms with E-state index in [1.165, 1.54) is 19.3 Å². The highest BCUT2D eigenvalue weighted by Crippen LogP contribution is 2.62. The maximum atomic E-state index is 12.8. The van der Waals surface area contributed by atoms with E-state index in [9.17, 15) is 4.79 Å². The second-order valence-electron chi connectivity index (χ2n) is 10.5. The molecule has 156 valence electrons. The quantitative estimate of drug-likeness (QED) is 0.532. The highest BCUT2D eigenvalue weighted by Gasteiger charge is 2.65. The van der Waals surface area contributed by atoms with Gasteiger partial charge in [-0.05, 0) is 43.4 Å². The van der Waals surface area contributed by atoms with Crippen LogP contribution in [-0.2, 0) is 23.7 Å². The Morgan fingerprint density at radius 2 is 1.82 bits per heavy atom. The number of epoxide rings is 1. The zero-order chi connectivity index (χ0) is 19.0. The molecule has 0 aromatic carbocycles. The summed E-state index contributed by atoms with van der Waals surface area (Å²) >= 11 is 0. The van der Waals surface area contributed by atoms with Crippen molar-refractivity contribution in [3.8, 4) is 0 Å². The first kappa shape index (κ1) is 18.1. The molecule has 6 atom stereocenters. The lowest BCUT2D eigenvalue weighted by Crippen LogP contribution is -2.52. The van der Waals surface area contributed by atoms with Crippen LogP contribution in [0.4, 0.5) is 0 Å². The number of carbonyl (C=O) groups is 1. The largest absolute Gasteiger partial charge is 0.462 e. The third-order valence-corrected chi connectivity index (χ3v) is 8.97. The molecule has 4 aliphatic heterocycles. The average molecular weight is 392 g/mol. The Morgan fingerprint density at radius 1 is 1.07 bits per heavy atom. The fourth-order valence-corrected chi connectivity index (χ4v) is 7.31. The number of piperidine rings is 1. The Kier molecular flexibility index (Phi) is 3.98. The monoisotopic (exact) mass is 391 g/mol. The number of fused-ring (bicyclic) bond motifs is 3. The highest BCUT2D eigenvalue weighted by atomic mass is 16.7. The number of rotatable bonds is 2. The van der Waals surface area contributed by atoms with Crippen LogP contribution in [0.25, 0.3) is 0 Å². The number of nitrogens with zero attached hydrogens (tertiary/aromatic N) is 1. The Labute approximate surface area is 167 Å². The van der Waals surface area contributed by atoms with Gasteiger partial charge in [-0.15, -0.1) is 0 Å². The van der Waals surface area contributed by atoms with E-state index in [1.807, 2.05) is 0 Å². The smallest absolute Gasteiger partial charge is 0.310 e. The molecular formula is C22H33NO5. The van der Waals surface area contributed by atoms with Crippen molar-refractivity contribution in [2.75, 3.05) is 39.5 Å². The number of esters is 1. The summed E-state index contributed by atoms with van der Waals surface area (Å²) in [5.74, 6) is 0.666. The summed E-state index contributed by atoms with van der Waals surface area (Å²) < 4.78 is 23.7. The minimum Gasteiger partial charge on any atom is -0.462 e. The molecule has 2 aliphatic carbocycles. The first-order chi connectivity index (χ1) is 13.5. The van der Waals surface area contributed by atoms with E-state index in [-0.39, 0.29) is 34.8 Å². The van der Waals surface area contributed by atoms with Gasteiger partial charge in [0, 0.05) is 38.4 Å². The summed E-state index contributed by atoms with van der Waals surface area (Å²) in [5, 5.41) is 0. The van der Waals surface area contributed by atoms with Crippen LogP contribution in [0.3, 0.4) is 0 Å². The molecule has 0 aromatic heterocycles. The van der Waals surface area contributed by atoms with Crippen molar-refractivity contribution >= 4 is 5.97 Å². The molecule has 0 N–H and O–H groups in total. The predicted molar refractivity (Wildman–Crippen MR) is 101 cm³/mol. The van der Waals surface area contributed by atoms with Gasteiger partial charge in [-0.1, -0.05) is 6.92 Å². The van der Waals surface area contributed by atoms with Gasteiger partial charge in [0.1, 0.15) is 6.10 Å². The molecule has 4 saturated heterocycles. The molecular weight excluding hydrogens is 358 g/mol. The molecule has 6 nitrogen and oxygen atoms in total. The first-order valence-electron chi connectivity index (χ1n) is 11.4. The van der Waals surface area contributed by atoms with Crippen molar-refractivity contribution in [2.24, 2.45) is 23.2 Å². The topological polar surface area (TPSA) is 60.5 Å². The van der Waals surface area contributed by atoms with Crippen molar-refractivity contribution in [3.63, 3.8) is 0 Å². The Bertz CT molecular complexity index is 647. The zero-order valence-corrected chi connectivity index (χ0v) is 17.0. The van der Waals surface area contributed by atoms with E-state index in [0.717, 1.165) is 51.9 Å². The summed E-state index contributed by atoms with van der Waals surface area (Å²) in [6.07, 6.45) is 7.76. The first-order valence-corrected chi connectivity index (χ1v) is 11.4. The lowest BCUT2D eigenvalue weighted by molar-refractivity contribution is -0.186. The van der Waals surface area contributed by atoms with Crippen LogP contribution in [-0.4, -0.2) is 67.8 Å². The van der Waals surface area contributed by atoms with E-state index in [1.54, 1.807) is 0 Å². The normalized spacial score (nSPS) is 49.8. The van der Waals surface area contributed by atoms with Crippen molar-refractivity contribution in [1.82, 2.24) is 4.90 Å². The molecule has 0 amide bonds. The maximum Gasteiger partial charge on any atom is 0.310 e. The van der Waals surface area contributed by atoms with Gasteiger partial charge in [0.15, 0.2) is 5.79 Å². The summed E-state index contributed by atoms with van der Waals surface area (Å²) in [7, 11) is 0. The molecule has 0 aromatic rings. The van der Waals surface area contributed by atoms with Gasteiger partial charge in [-0.2, -0.15) is 0 Å². The lowest BCUT2D eigenvalue weighted by Gasteiger charge is -2.51. The van der Waals surface area contributed by atoms with Crippen LogP contribution in [0.2, 0.25) is 0 Å². The zero-order valence-electron chi connectivity index (χ0n) is 17.0. The van der Waals surface area contributed by atoms with E-state index >= 15 is 0 Å². The molecule has 0 unspecified atom stereocenters. The van der Waals surface area contributed by atoms with Crippen molar-refractivity contribution < 1.29 is 23.7 Å². The Balaban J connectivity index is 1.15. The van der Waals surface area contributed by atoms with Crippen LogP contribution in [0.5, 0.6) is 0 Å². The highest BCUT2D eigenvalue weighted by molar-refractivity contribution is 5.75. The van der Waals surface area contributed by atoms with Crippen LogP contribution >= 0.6 is 0 Å². The number of likely N-dealkylation sites (tertiary alicyclic amines) is 1. The SMILES string of the molecule is C[C@]12CCC[C@@]3(CO3)[C@@H]1C[C@@H]1[C@H](CN3CCC4(CC3)OCCO4)C(=O)O[C@@H]1C2. The molecule has 2 spiro atoms. The van der Waals surface area contributed by atoms with E-state index < -0.39 is 0 Å². The Morgan fingerprint density at radius 3 is 2.54 bits per heavy atom. The minimum absolute atomic E-state index is 0.0201. The fraction of sp³-hybridized carbons (Fsp3) is 0.955. The molecule has 28 heavy (non-hydrogen) atoms. The fourth-order valence-electron chi connectivity index (χ4n) is 7.31. The van der Waals surface area contributed by atoms with Crippen LogP contribution in [0.15, 0.2) is 0 Å². The van der Waals surface area contributed by atoms with Crippen molar-refractivity contribution in [2.45, 2.75) is 69.4 Å². The van der Waals surface area contributed by atoms with E-state index in [0.29, 0.717) is 25.0 Å². The number of hydrogen-bond acceptors (Lipinski definition) is 6.